The van der Waals surface area contributed by atoms with Crippen molar-refractivity contribution in [3.63, 3.8) is 0 Å². The van der Waals surface area contributed by atoms with Gasteiger partial charge in [-0.15, -0.1) is 0 Å². The van der Waals surface area contributed by atoms with Crippen LogP contribution in [0.15, 0.2) is 41.0 Å². The third-order valence-electron chi connectivity index (χ3n) is 5.02. The SMILES string of the molecule is CCCCCCC(Nc1ccc2c(c1)C(=O)N(CCC=O)C2=O)c1ccco1. The Hall–Kier alpha value is -2.89. The number of benzene rings is 1. The number of nitrogens with zero attached hydrogens (tertiary/aromatic N) is 1. The minimum Gasteiger partial charge on any atom is -0.467 e. The van der Waals surface area contributed by atoms with E-state index in [1.807, 2.05) is 18.2 Å². The molecule has 2 amide bonds. The zero-order valence-corrected chi connectivity index (χ0v) is 16.1. The van der Waals surface area contributed by atoms with Crippen LogP contribution < -0.4 is 5.32 Å². The van der Waals surface area contributed by atoms with Crippen molar-refractivity contribution in [3.05, 3.63) is 53.5 Å². The van der Waals surface area contributed by atoms with Gasteiger partial charge in [0.15, 0.2) is 0 Å². The number of aldehydes is 1. The van der Waals surface area contributed by atoms with Gasteiger partial charge in [0.25, 0.3) is 11.8 Å². The Morgan fingerprint density at radius 2 is 1.93 bits per heavy atom. The molecule has 0 saturated carbocycles. The number of imide groups is 1. The molecule has 148 valence electrons. The molecule has 1 unspecified atom stereocenters. The van der Waals surface area contributed by atoms with Gasteiger partial charge in [-0.2, -0.15) is 0 Å². The molecule has 1 aromatic carbocycles. The Morgan fingerprint density at radius 1 is 1.11 bits per heavy atom. The van der Waals surface area contributed by atoms with Gasteiger partial charge in [-0.3, -0.25) is 14.5 Å². The van der Waals surface area contributed by atoms with E-state index >= 15 is 0 Å². The van der Waals surface area contributed by atoms with E-state index in [1.165, 1.54) is 12.8 Å². The van der Waals surface area contributed by atoms with E-state index in [1.54, 1.807) is 18.4 Å². The van der Waals surface area contributed by atoms with Crippen molar-refractivity contribution in [2.75, 3.05) is 11.9 Å². The van der Waals surface area contributed by atoms with Gasteiger partial charge in [-0.05, 0) is 36.8 Å². The maximum atomic E-state index is 12.6. The molecule has 0 aliphatic carbocycles. The second kappa shape index (κ2) is 9.35. The molecule has 0 saturated heterocycles. The van der Waals surface area contributed by atoms with Crippen molar-refractivity contribution < 1.29 is 18.8 Å². The second-order valence-electron chi connectivity index (χ2n) is 7.04. The van der Waals surface area contributed by atoms with Gasteiger partial charge in [0, 0.05) is 18.7 Å². The zero-order valence-electron chi connectivity index (χ0n) is 16.1. The van der Waals surface area contributed by atoms with E-state index in [9.17, 15) is 14.4 Å². The third-order valence-corrected chi connectivity index (χ3v) is 5.02. The third kappa shape index (κ3) is 4.32. The Labute approximate surface area is 164 Å². The lowest BCUT2D eigenvalue weighted by atomic mass is 10.0. The summed E-state index contributed by atoms with van der Waals surface area (Å²) in [6, 6.07) is 9.03. The number of fused-ring (bicyclic) bond motifs is 1. The van der Waals surface area contributed by atoms with Crippen LogP contribution in [0, 0.1) is 0 Å². The Morgan fingerprint density at radius 3 is 2.64 bits per heavy atom. The molecule has 1 atom stereocenters. The van der Waals surface area contributed by atoms with Crippen LogP contribution in [0.2, 0.25) is 0 Å². The van der Waals surface area contributed by atoms with Crippen molar-refractivity contribution in [1.29, 1.82) is 0 Å². The topological polar surface area (TPSA) is 79.6 Å². The van der Waals surface area contributed by atoms with E-state index in [4.69, 9.17) is 4.42 Å². The Kier molecular flexibility index (Phi) is 6.63. The van der Waals surface area contributed by atoms with Crippen LogP contribution in [0.25, 0.3) is 0 Å². The van der Waals surface area contributed by atoms with E-state index < -0.39 is 0 Å². The molecule has 3 rings (SSSR count). The van der Waals surface area contributed by atoms with Gasteiger partial charge >= 0.3 is 0 Å². The number of furan rings is 1. The van der Waals surface area contributed by atoms with Gasteiger partial charge in [0.05, 0.1) is 23.4 Å². The lowest BCUT2D eigenvalue weighted by molar-refractivity contribution is -0.107. The van der Waals surface area contributed by atoms with Crippen LogP contribution >= 0.6 is 0 Å². The highest BCUT2D eigenvalue weighted by Gasteiger charge is 2.35. The normalized spacial score (nSPS) is 14.2. The molecular weight excluding hydrogens is 356 g/mol. The molecule has 6 nitrogen and oxygen atoms in total. The molecule has 2 heterocycles. The highest BCUT2D eigenvalue weighted by Crippen LogP contribution is 2.30. The summed E-state index contributed by atoms with van der Waals surface area (Å²) in [6.45, 7) is 2.30. The van der Waals surface area contributed by atoms with Gasteiger partial charge in [-0.25, -0.2) is 0 Å². The molecule has 1 N–H and O–H groups in total. The molecular formula is C22H26N2O4. The van der Waals surface area contributed by atoms with Gasteiger partial charge in [-0.1, -0.05) is 32.6 Å². The molecule has 0 spiro atoms. The van der Waals surface area contributed by atoms with Crippen LogP contribution in [0.3, 0.4) is 0 Å². The summed E-state index contributed by atoms with van der Waals surface area (Å²) >= 11 is 0. The van der Waals surface area contributed by atoms with E-state index in [0.717, 1.165) is 35.6 Å². The summed E-state index contributed by atoms with van der Waals surface area (Å²) in [4.78, 5) is 36.7. The number of hydrogen-bond acceptors (Lipinski definition) is 5. The lowest BCUT2D eigenvalue weighted by Gasteiger charge is -2.18. The number of anilines is 1. The number of rotatable bonds is 11. The minimum absolute atomic E-state index is 0.00304. The highest BCUT2D eigenvalue weighted by molar-refractivity contribution is 6.21. The minimum atomic E-state index is -0.344. The predicted octanol–water partition coefficient (Wildman–Crippen LogP) is 4.59. The number of nitrogens with one attached hydrogen (secondary N) is 1. The molecule has 1 aliphatic heterocycles. The molecule has 6 heteroatoms. The van der Waals surface area contributed by atoms with Gasteiger partial charge in [0.1, 0.15) is 12.0 Å². The molecule has 28 heavy (non-hydrogen) atoms. The maximum absolute atomic E-state index is 12.6. The Bertz CT molecular complexity index is 829. The summed E-state index contributed by atoms with van der Waals surface area (Å²) < 4.78 is 5.59. The largest absolute Gasteiger partial charge is 0.467 e. The molecule has 1 aromatic heterocycles. The van der Waals surface area contributed by atoms with Crippen molar-refractivity contribution in [3.8, 4) is 0 Å². The number of carbonyl (C=O) groups excluding carboxylic acids is 3. The Balaban J connectivity index is 1.75. The molecule has 0 fully saturated rings. The van der Waals surface area contributed by atoms with Crippen LogP contribution in [0.4, 0.5) is 5.69 Å². The number of unbranched alkanes of at least 4 members (excludes halogenated alkanes) is 3. The fourth-order valence-electron chi connectivity index (χ4n) is 3.52. The second-order valence-corrected chi connectivity index (χ2v) is 7.04. The fraction of sp³-hybridized carbons (Fsp3) is 0.409. The number of carbonyl (C=O) groups is 3. The molecule has 0 radical (unpaired) electrons. The van der Waals surface area contributed by atoms with E-state index in [0.29, 0.717) is 17.4 Å². The van der Waals surface area contributed by atoms with Gasteiger partial charge in [0.2, 0.25) is 0 Å². The molecule has 0 bridgehead atoms. The van der Waals surface area contributed by atoms with Crippen molar-refractivity contribution in [2.24, 2.45) is 0 Å². The lowest BCUT2D eigenvalue weighted by Crippen LogP contribution is -2.30. The predicted molar refractivity (Wildman–Crippen MR) is 106 cm³/mol. The van der Waals surface area contributed by atoms with E-state index in [2.05, 4.69) is 12.2 Å². The van der Waals surface area contributed by atoms with Crippen molar-refractivity contribution in [2.45, 2.75) is 51.5 Å². The first-order chi connectivity index (χ1) is 13.7. The van der Waals surface area contributed by atoms with E-state index in [-0.39, 0.29) is 30.8 Å². The van der Waals surface area contributed by atoms with Crippen LogP contribution in [-0.2, 0) is 4.79 Å². The average Bonchev–Trinajstić information content (AvgIpc) is 3.31. The highest BCUT2D eigenvalue weighted by atomic mass is 16.3. The fourth-order valence-corrected chi connectivity index (χ4v) is 3.52. The van der Waals surface area contributed by atoms with Crippen LogP contribution in [-0.4, -0.2) is 29.5 Å². The van der Waals surface area contributed by atoms with Crippen molar-refractivity contribution in [1.82, 2.24) is 4.90 Å². The number of amides is 2. The smallest absolute Gasteiger partial charge is 0.261 e. The summed E-state index contributed by atoms with van der Waals surface area (Å²) in [7, 11) is 0. The van der Waals surface area contributed by atoms with Crippen LogP contribution in [0.5, 0.6) is 0 Å². The molecule has 2 aromatic rings. The van der Waals surface area contributed by atoms with Crippen molar-refractivity contribution >= 4 is 23.8 Å². The standard InChI is InChI=1S/C22H26N2O4/c1-2-3-4-5-8-19(20-9-6-14-28-20)23-16-10-11-17-18(15-16)22(27)24(21(17)26)12-7-13-25/h6,9-11,13-15,19,23H,2-5,7-8,12H2,1H3. The van der Waals surface area contributed by atoms with Gasteiger partial charge < -0.3 is 14.5 Å². The zero-order chi connectivity index (χ0) is 19.9. The summed E-state index contributed by atoms with van der Waals surface area (Å²) in [5.41, 5.74) is 1.54. The summed E-state index contributed by atoms with van der Waals surface area (Å²) in [5.74, 6) is 0.172. The summed E-state index contributed by atoms with van der Waals surface area (Å²) in [6.07, 6.45) is 8.07. The monoisotopic (exact) mass is 382 g/mol. The maximum Gasteiger partial charge on any atom is 0.261 e. The van der Waals surface area contributed by atoms with Crippen LogP contribution in [0.1, 0.15) is 78.0 Å². The summed E-state index contributed by atoms with van der Waals surface area (Å²) in [5, 5.41) is 3.45. The quantitative estimate of drug-likeness (QED) is 0.349. The molecule has 1 aliphatic rings. The number of hydrogen-bond donors (Lipinski definition) is 1. The first-order valence-electron chi connectivity index (χ1n) is 9.89. The average molecular weight is 382 g/mol. The first kappa shape index (κ1) is 19.9. The first-order valence-corrected chi connectivity index (χ1v) is 9.89.